The van der Waals surface area contributed by atoms with E-state index in [1.807, 2.05) is 50.2 Å². The Balaban J connectivity index is 0.00000140. The van der Waals surface area contributed by atoms with E-state index in [2.05, 4.69) is 16.7 Å². The van der Waals surface area contributed by atoms with Crippen molar-refractivity contribution in [2.45, 2.75) is 27.2 Å². The molecule has 13 heteroatoms. The molecule has 262 valence electrons. The van der Waals surface area contributed by atoms with Gasteiger partial charge in [-0.05, 0) is 61.4 Å². The van der Waals surface area contributed by atoms with Gasteiger partial charge in [-0.25, -0.2) is 4.79 Å². The number of amides is 5. The van der Waals surface area contributed by atoms with Gasteiger partial charge in [-0.3, -0.25) is 24.1 Å². The normalized spacial score (nSPS) is 9.90. The summed E-state index contributed by atoms with van der Waals surface area (Å²) in [6.07, 6.45) is 0.222. The fraction of sp³-hybridized carbons (Fsp3) is 0.237. The second-order valence-electron chi connectivity index (χ2n) is 11.2. The summed E-state index contributed by atoms with van der Waals surface area (Å²) in [5.74, 6) is -1.75. The molecule has 0 fully saturated rings. The maximum Gasteiger partial charge on any atom is 1.00 e. The van der Waals surface area contributed by atoms with Gasteiger partial charge in [-0.1, -0.05) is 49.0 Å². The Labute approximate surface area is 320 Å². The van der Waals surface area contributed by atoms with Crippen LogP contribution in [0.15, 0.2) is 97.1 Å². The number of nitrogens with one attached hydrogen (secondary N) is 2. The van der Waals surface area contributed by atoms with Crippen molar-refractivity contribution in [2.24, 2.45) is 0 Å². The largest absolute Gasteiger partial charge is 1.00 e. The van der Waals surface area contributed by atoms with Gasteiger partial charge in [0.25, 0.3) is 5.91 Å². The molecule has 4 aromatic carbocycles. The number of aryl methyl sites for hydroxylation is 2. The predicted molar refractivity (Wildman–Crippen MR) is 194 cm³/mol. The van der Waals surface area contributed by atoms with Crippen molar-refractivity contribution in [1.29, 1.82) is 0 Å². The molecule has 0 aliphatic heterocycles. The molecule has 0 aliphatic rings. The zero-order valence-electron chi connectivity index (χ0n) is 29.8. The van der Waals surface area contributed by atoms with E-state index in [1.165, 1.54) is 14.7 Å². The third-order valence-electron chi connectivity index (χ3n) is 7.25. The number of urea groups is 1. The monoisotopic (exact) mass is 703 g/mol. The number of carboxylic acid groups (broad SMARTS) is 1. The molecule has 0 saturated heterocycles. The first-order valence-corrected chi connectivity index (χ1v) is 15.8. The van der Waals surface area contributed by atoms with E-state index in [4.69, 9.17) is 9.84 Å². The van der Waals surface area contributed by atoms with Crippen molar-refractivity contribution in [2.75, 3.05) is 53.8 Å². The molecule has 0 aromatic heterocycles. The molecule has 0 bridgehead atoms. The summed E-state index contributed by atoms with van der Waals surface area (Å²) in [7, 11) is 3.29. The molecule has 5 amide bonds. The standard InChI is InChI=1S/C35H36N5O5.C3H6O2.Na/c1-25-19-26(2)21-29(20-25)39(4)34(43)24-45-31-18-12-11-17-30(31)40(23-33(42)38(3)28-15-9-6-10-16-28)32(41)22-36-35(44)37-27-13-7-5-8-14-27;1-2-3(4)5;/h5-7,9-21H,22-24H2,1-4H3,(H2,36,37,44);2H2,1H3,(H,4,5);/q-1;;+1. The molecule has 0 aliphatic carbocycles. The van der Waals surface area contributed by atoms with Crippen LogP contribution in [0.4, 0.5) is 27.5 Å². The van der Waals surface area contributed by atoms with Gasteiger partial charge in [0.05, 0.1) is 12.2 Å². The molecule has 0 heterocycles. The van der Waals surface area contributed by atoms with Crippen LogP contribution in [0.5, 0.6) is 5.75 Å². The Morgan fingerprint density at radius 1 is 0.784 bits per heavy atom. The smallest absolute Gasteiger partial charge is 0.482 e. The van der Waals surface area contributed by atoms with E-state index in [1.54, 1.807) is 81.7 Å². The van der Waals surface area contributed by atoms with Crippen LogP contribution in [0, 0.1) is 19.9 Å². The number of carboxylic acids is 1. The first-order chi connectivity index (χ1) is 23.9. The van der Waals surface area contributed by atoms with Gasteiger partial charge in [0, 0.05) is 31.9 Å². The third-order valence-corrected chi connectivity index (χ3v) is 7.25. The number of para-hydroxylation sites is 3. The van der Waals surface area contributed by atoms with Crippen molar-refractivity contribution in [3.05, 3.63) is 114 Å². The third kappa shape index (κ3) is 13.6. The van der Waals surface area contributed by atoms with Crippen molar-refractivity contribution < 1.29 is 63.4 Å². The van der Waals surface area contributed by atoms with Crippen molar-refractivity contribution >= 4 is 52.5 Å². The minimum atomic E-state index is -0.745. The Hall–Kier alpha value is -5.17. The number of likely N-dealkylation sites (N-methyl/N-ethyl adjacent to an activating group) is 2. The summed E-state index contributed by atoms with van der Waals surface area (Å²) >= 11 is 0. The average Bonchev–Trinajstić information content (AvgIpc) is 3.11. The zero-order chi connectivity index (χ0) is 36.6. The first-order valence-electron chi connectivity index (χ1n) is 15.8. The quantitative estimate of drug-likeness (QED) is 0.152. The summed E-state index contributed by atoms with van der Waals surface area (Å²) in [4.78, 5) is 66.2. The Morgan fingerprint density at radius 3 is 2.00 bits per heavy atom. The fourth-order valence-corrected chi connectivity index (χ4v) is 4.57. The molecule has 0 atom stereocenters. The number of nitrogens with zero attached hydrogens (tertiary/aromatic N) is 3. The molecule has 3 N–H and O–H groups in total. The maximum absolute atomic E-state index is 13.6. The first kappa shape index (κ1) is 42.0. The number of aliphatic carboxylic acids is 1. The van der Waals surface area contributed by atoms with Crippen LogP contribution in [-0.2, 0) is 19.2 Å². The Bertz CT molecular complexity index is 1750. The molecule has 0 unspecified atom stereocenters. The summed E-state index contributed by atoms with van der Waals surface area (Å²) in [6, 6.07) is 30.5. The molecular weight excluding hydrogens is 661 g/mol. The SMILES string of the molecule is CCC(=O)O.Cc1cc(C)cc(N(C)C(=O)COc2ccccc2N(CC(=O)N(C)c2ccccc2)C(=O)CNC(=O)Nc2c[c-]ccc2)c1.[Na+]. The molecule has 4 aromatic rings. The number of hydrogen-bond acceptors (Lipinski definition) is 6. The second kappa shape index (κ2) is 21.1. The van der Waals surface area contributed by atoms with Gasteiger partial charge in [0.15, 0.2) is 6.61 Å². The van der Waals surface area contributed by atoms with Crippen LogP contribution in [0.2, 0.25) is 0 Å². The number of carbonyl (C=O) groups is 5. The molecule has 0 spiro atoms. The summed E-state index contributed by atoms with van der Waals surface area (Å²) in [5.41, 5.74) is 4.22. The number of rotatable bonds is 12. The van der Waals surface area contributed by atoms with Gasteiger partial charge >= 0.3 is 41.6 Å². The van der Waals surface area contributed by atoms with E-state index in [9.17, 15) is 24.0 Å². The Kier molecular flexibility index (Phi) is 17.4. The minimum absolute atomic E-state index is 0. The maximum atomic E-state index is 13.6. The molecule has 0 saturated carbocycles. The molecule has 51 heavy (non-hydrogen) atoms. The Morgan fingerprint density at radius 2 is 1.39 bits per heavy atom. The van der Waals surface area contributed by atoms with Gasteiger partial charge in [-0.2, -0.15) is 24.3 Å². The predicted octanol–water partition coefficient (Wildman–Crippen LogP) is 2.45. The molecule has 0 radical (unpaired) electrons. The molecule has 4 rings (SSSR count). The van der Waals surface area contributed by atoms with Crippen molar-refractivity contribution in [1.82, 2.24) is 5.32 Å². The number of carbonyl (C=O) groups excluding carboxylic acids is 4. The van der Waals surface area contributed by atoms with Crippen molar-refractivity contribution in [3.63, 3.8) is 0 Å². The van der Waals surface area contributed by atoms with E-state index < -0.39 is 24.5 Å². The average molecular weight is 704 g/mol. The van der Waals surface area contributed by atoms with E-state index in [0.717, 1.165) is 16.8 Å². The molecular formula is C38H42N5NaO7. The van der Waals surface area contributed by atoms with Gasteiger partial charge in [0.1, 0.15) is 12.3 Å². The van der Waals surface area contributed by atoms with E-state index in [0.29, 0.717) is 11.4 Å². The number of ether oxygens (including phenoxy) is 1. The van der Waals surface area contributed by atoms with E-state index >= 15 is 0 Å². The van der Waals surface area contributed by atoms with Gasteiger partial charge < -0.3 is 30.3 Å². The molecule has 12 nitrogen and oxygen atoms in total. The minimum Gasteiger partial charge on any atom is -0.482 e. The van der Waals surface area contributed by atoms with Crippen LogP contribution in [0.3, 0.4) is 0 Å². The number of anilines is 4. The van der Waals surface area contributed by atoms with Crippen LogP contribution >= 0.6 is 0 Å². The summed E-state index contributed by atoms with van der Waals surface area (Å²) < 4.78 is 5.95. The van der Waals surface area contributed by atoms with Crippen LogP contribution in [0.1, 0.15) is 24.5 Å². The second-order valence-corrected chi connectivity index (χ2v) is 11.2. The van der Waals surface area contributed by atoms with Crippen LogP contribution in [0.25, 0.3) is 0 Å². The topological polar surface area (TPSA) is 149 Å². The number of benzene rings is 4. The van der Waals surface area contributed by atoms with Crippen LogP contribution < -0.4 is 59.6 Å². The number of hydrogen-bond donors (Lipinski definition) is 3. The zero-order valence-corrected chi connectivity index (χ0v) is 31.8. The summed E-state index contributed by atoms with van der Waals surface area (Å²) in [6.45, 7) is 4.45. The van der Waals surface area contributed by atoms with Crippen LogP contribution in [-0.4, -0.2) is 68.6 Å². The van der Waals surface area contributed by atoms with Gasteiger partial charge in [0.2, 0.25) is 11.8 Å². The van der Waals surface area contributed by atoms with Crippen molar-refractivity contribution in [3.8, 4) is 5.75 Å². The van der Waals surface area contributed by atoms with E-state index in [-0.39, 0.29) is 72.4 Å². The fourth-order valence-electron chi connectivity index (χ4n) is 4.57. The van der Waals surface area contributed by atoms with Gasteiger partial charge in [-0.15, -0.1) is 6.07 Å². The summed E-state index contributed by atoms with van der Waals surface area (Å²) in [5, 5.41) is 12.9.